The lowest BCUT2D eigenvalue weighted by atomic mass is 9.87. The van der Waals surface area contributed by atoms with E-state index in [1.54, 1.807) is 7.11 Å². The lowest BCUT2D eigenvalue weighted by molar-refractivity contribution is -0.126. The predicted octanol–water partition coefficient (Wildman–Crippen LogP) is 1.90. The number of carbonyl (C=O) groups is 1. The van der Waals surface area contributed by atoms with Crippen molar-refractivity contribution in [2.24, 2.45) is 5.92 Å². The maximum absolute atomic E-state index is 12.0. The molecule has 1 aliphatic carbocycles. The largest absolute Gasteiger partial charge is 0.496 e. The van der Waals surface area contributed by atoms with E-state index in [2.05, 4.69) is 5.32 Å². The van der Waals surface area contributed by atoms with E-state index < -0.39 is 0 Å². The molecule has 1 aromatic carbocycles. The number of aliphatic hydroxyl groups is 1. The molecule has 2 rings (SSSR count). The molecule has 1 fully saturated rings. The van der Waals surface area contributed by atoms with Gasteiger partial charge in [0, 0.05) is 12.5 Å². The molecule has 1 amide bonds. The Labute approximate surface area is 120 Å². The topological polar surface area (TPSA) is 58.6 Å². The summed E-state index contributed by atoms with van der Waals surface area (Å²) in [5.41, 5.74) is 1.11. The molecule has 0 atom stereocenters. The van der Waals surface area contributed by atoms with E-state index in [4.69, 9.17) is 4.74 Å². The molecule has 0 heterocycles. The molecule has 0 spiro atoms. The van der Waals surface area contributed by atoms with Crippen LogP contribution in [0, 0.1) is 5.92 Å². The van der Waals surface area contributed by atoms with Crippen molar-refractivity contribution < 1.29 is 14.6 Å². The lowest BCUT2D eigenvalue weighted by Gasteiger charge is -2.24. The van der Waals surface area contributed by atoms with Gasteiger partial charge >= 0.3 is 0 Å². The molecule has 0 bridgehead atoms. The number of benzene rings is 1. The molecule has 20 heavy (non-hydrogen) atoms. The van der Waals surface area contributed by atoms with Gasteiger partial charge in [0.1, 0.15) is 5.75 Å². The van der Waals surface area contributed by atoms with Crippen molar-refractivity contribution >= 4 is 5.91 Å². The molecule has 0 aromatic heterocycles. The van der Waals surface area contributed by atoms with Gasteiger partial charge in [-0.25, -0.2) is 0 Å². The molecule has 4 heteroatoms. The molecule has 4 nitrogen and oxygen atoms in total. The zero-order valence-electron chi connectivity index (χ0n) is 12.0. The Morgan fingerprint density at radius 1 is 1.30 bits per heavy atom. The Hall–Kier alpha value is -1.55. The average Bonchev–Trinajstić information content (AvgIpc) is 2.48. The van der Waals surface area contributed by atoms with Gasteiger partial charge in [-0.1, -0.05) is 18.2 Å². The van der Waals surface area contributed by atoms with Gasteiger partial charge in [-0.2, -0.15) is 0 Å². The van der Waals surface area contributed by atoms with Crippen LogP contribution in [0.3, 0.4) is 0 Å². The van der Waals surface area contributed by atoms with Gasteiger partial charge in [0.05, 0.1) is 13.2 Å². The summed E-state index contributed by atoms with van der Waals surface area (Å²) in [7, 11) is 1.66. The zero-order chi connectivity index (χ0) is 14.4. The number of methoxy groups -OCH3 is 1. The predicted molar refractivity (Wildman–Crippen MR) is 77.7 cm³/mol. The summed E-state index contributed by atoms with van der Waals surface area (Å²) in [5.74, 6) is 1.05. The van der Waals surface area contributed by atoms with E-state index in [0.717, 1.165) is 43.4 Å². The third kappa shape index (κ3) is 3.97. The van der Waals surface area contributed by atoms with E-state index in [1.165, 1.54) is 0 Å². The molecule has 110 valence electrons. The highest BCUT2D eigenvalue weighted by Gasteiger charge is 2.24. The smallest absolute Gasteiger partial charge is 0.223 e. The van der Waals surface area contributed by atoms with Crippen LogP contribution in [0.4, 0.5) is 0 Å². The van der Waals surface area contributed by atoms with Gasteiger partial charge in [0.2, 0.25) is 5.91 Å². The van der Waals surface area contributed by atoms with Crippen molar-refractivity contribution in [3.63, 3.8) is 0 Å². The minimum atomic E-state index is -0.215. The molecule has 1 aromatic rings. The molecule has 0 unspecified atom stereocenters. The highest BCUT2D eigenvalue weighted by atomic mass is 16.5. The molecule has 0 aliphatic heterocycles. The second kappa shape index (κ2) is 7.29. The van der Waals surface area contributed by atoms with Crippen LogP contribution < -0.4 is 10.1 Å². The molecule has 2 N–H and O–H groups in total. The standard InChI is InChI=1S/C16H23NO3/c1-20-15-5-3-2-4-12(15)10-11-17-16(19)13-6-8-14(18)9-7-13/h2-5,13-14,18H,6-11H2,1H3,(H,17,19). The van der Waals surface area contributed by atoms with Crippen LogP contribution in [-0.2, 0) is 11.2 Å². The number of ether oxygens (including phenoxy) is 1. The summed E-state index contributed by atoms with van der Waals surface area (Å²) < 4.78 is 5.29. The summed E-state index contributed by atoms with van der Waals surface area (Å²) >= 11 is 0. The Balaban J connectivity index is 1.76. The van der Waals surface area contributed by atoms with Crippen LogP contribution in [-0.4, -0.2) is 30.8 Å². The number of hydrogen-bond acceptors (Lipinski definition) is 3. The highest BCUT2D eigenvalue weighted by Crippen LogP contribution is 2.24. The summed E-state index contributed by atoms with van der Waals surface area (Å²) in [6.07, 6.45) is 3.62. The normalized spacial score (nSPS) is 22.3. The van der Waals surface area contributed by atoms with Crippen LogP contribution in [0.25, 0.3) is 0 Å². The number of hydrogen-bond donors (Lipinski definition) is 2. The quantitative estimate of drug-likeness (QED) is 0.864. The monoisotopic (exact) mass is 277 g/mol. The van der Waals surface area contributed by atoms with Crippen LogP contribution in [0.1, 0.15) is 31.2 Å². The highest BCUT2D eigenvalue weighted by molar-refractivity contribution is 5.78. The first kappa shape index (κ1) is 14.9. The fourth-order valence-corrected chi connectivity index (χ4v) is 2.71. The molecular formula is C16H23NO3. The molecular weight excluding hydrogens is 254 g/mol. The summed E-state index contributed by atoms with van der Waals surface area (Å²) in [4.78, 5) is 12.0. The van der Waals surface area contributed by atoms with Crippen molar-refractivity contribution in [1.82, 2.24) is 5.32 Å². The minimum absolute atomic E-state index is 0.0658. The van der Waals surface area contributed by atoms with E-state index in [0.29, 0.717) is 6.54 Å². The van der Waals surface area contributed by atoms with Gasteiger partial charge in [0.15, 0.2) is 0 Å². The molecule has 0 radical (unpaired) electrons. The van der Waals surface area contributed by atoms with Gasteiger partial charge in [0.25, 0.3) is 0 Å². The van der Waals surface area contributed by atoms with Gasteiger partial charge in [-0.3, -0.25) is 4.79 Å². The number of nitrogens with one attached hydrogen (secondary N) is 1. The zero-order valence-corrected chi connectivity index (χ0v) is 12.0. The fourth-order valence-electron chi connectivity index (χ4n) is 2.71. The number of carbonyl (C=O) groups excluding carboxylic acids is 1. The van der Waals surface area contributed by atoms with Crippen molar-refractivity contribution in [2.45, 2.75) is 38.2 Å². The first-order valence-electron chi connectivity index (χ1n) is 7.28. The van der Waals surface area contributed by atoms with Crippen LogP contribution in [0.2, 0.25) is 0 Å². The van der Waals surface area contributed by atoms with E-state index >= 15 is 0 Å². The number of rotatable bonds is 5. The number of aliphatic hydroxyl groups excluding tert-OH is 1. The first-order valence-corrected chi connectivity index (χ1v) is 7.28. The van der Waals surface area contributed by atoms with Gasteiger partial charge in [-0.15, -0.1) is 0 Å². The molecule has 1 aliphatic rings. The summed E-state index contributed by atoms with van der Waals surface area (Å²) in [6, 6.07) is 7.86. The van der Waals surface area contributed by atoms with Gasteiger partial charge in [-0.05, 0) is 43.7 Å². The van der Waals surface area contributed by atoms with Crippen molar-refractivity contribution in [1.29, 1.82) is 0 Å². The number of para-hydroxylation sites is 1. The van der Waals surface area contributed by atoms with Crippen molar-refractivity contribution in [3.8, 4) is 5.75 Å². The van der Waals surface area contributed by atoms with Crippen molar-refractivity contribution in [2.75, 3.05) is 13.7 Å². The Kier molecular flexibility index (Phi) is 5.41. The average molecular weight is 277 g/mol. The van der Waals surface area contributed by atoms with Crippen LogP contribution in [0.15, 0.2) is 24.3 Å². The van der Waals surface area contributed by atoms with E-state index in [1.807, 2.05) is 24.3 Å². The maximum atomic E-state index is 12.0. The Morgan fingerprint density at radius 2 is 2.00 bits per heavy atom. The fraction of sp³-hybridized carbons (Fsp3) is 0.562. The van der Waals surface area contributed by atoms with Crippen LogP contribution in [0.5, 0.6) is 5.75 Å². The Morgan fingerprint density at radius 3 is 2.70 bits per heavy atom. The second-order valence-corrected chi connectivity index (χ2v) is 5.36. The maximum Gasteiger partial charge on any atom is 0.223 e. The summed E-state index contributed by atoms with van der Waals surface area (Å²) in [5, 5.41) is 12.4. The minimum Gasteiger partial charge on any atom is -0.496 e. The van der Waals surface area contributed by atoms with Crippen molar-refractivity contribution in [3.05, 3.63) is 29.8 Å². The summed E-state index contributed by atoms with van der Waals surface area (Å²) in [6.45, 7) is 0.623. The number of amides is 1. The SMILES string of the molecule is COc1ccccc1CCNC(=O)C1CCC(O)CC1. The van der Waals surface area contributed by atoms with Crippen LogP contribution >= 0.6 is 0 Å². The first-order chi connectivity index (χ1) is 9.70. The second-order valence-electron chi connectivity index (χ2n) is 5.36. The van der Waals surface area contributed by atoms with E-state index in [9.17, 15) is 9.90 Å². The van der Waals surface area contributed by atoms with E-state index in [-0.39, 0.29) is 17.9 Å². The lowest BCUT2D eigenvalue weighted by Crippen LogP contribution is -2.35. The third-order valence-corrected chi connectivity index (χ3v) is 3.95. The molecule has 0 saturated heterocycles. The Bertz CT molecular complexity index is 439. The molecule has 1 saturated carbocycles. The van der Waals surface area contributed by atoms with Gasteiger partial charge < -0.3 is 15.2 Å². The third-order valence-electron chi connectivity index (χ3n) is 3.95.